The van der Waals surface area contributed by atoms with Crippen LogP contribution in [0.1, 0.15) is 30.7 Å². The monoisotopic (exact) mass is 437 g/mol. The fourth-order valence-electron chi connectivity index (χ4n) is 4.19. The van der Waals surface area contributed by atoms with Crippen LogP contribution >= 0.6 is 23.2 Å². The molecular weight excluding hydrogens is 413 g/mol. The number of aliphatic hydroxyl groups is 1. The molecule has 2 aromatic heterocycles. The van der Waals surface area contributed by atoms with Crippen molar-refractivity contribution in [2.75, 3.05) is 43.6 Å². The van der Waals surface area contributed by atoms with Crippen LogP contribution in [0.25, 0.3) is 11.3 Å². The van der Waals surface area contributed by atoms with Crippen LogP contribution in [0.4, 0.5) is 11.6 Å². The summed E-state index contributed by atoms with van der Waals surface area (Å²) in [6.07, 6.45) is 3.27. The van der Waals surface area contributed by atoms with Crippen LogP contribution in [0.2, 0.25) is 10.2 Å². The van der Waals surface area contributed by atoms with Crippen molar-refractivity contribution in [2.45, 2.75) is 32.8 Å². The lowest BCUT2D eigenvalue weighted by molar-refractivity contribution is 0.133. The maximum atomic E-state index is 10.0. The average molecular weight is 438 g/mol. The Morgan fingerprint density at radius 2 is 1.97 bits per heavy atom. The van der Waals surface area contributed by atoms with Crippen molar-refractivity contribution in [1.82, 2.24) is 15.0 Å². The molecule has 0 saturated carbocycles. The molecule has 1 spiro atoms. The summed E-state index contributed by atoms with van der Waals surface area (Å²) in [5, 5.41) is 13.5. The van der Waals surface area contributed by atoms with Gasteiger partial charge in [-0.25, -0.2) is 15.0 Å². The minimum absolute atomic E-state index is 0.199. The van der Waals surface area contributed by atoms with Gasteiger partial charge >= 0.3 is 0 Å². The summed E-state index contributed by atoms with van der Waals surface area (Å²) in [6, 6.07) is 1.79. The molecule has 0 atom stereocenters. The van der Waals surface area contributed by atoms with Crippen molar-refractivity contribution >= 4 is 34.8 Å². The van der Waals surface area contributed by atoms with E-state index in [-0.39, 0.29) is 11.8 Å². The van der Waals surface area contributed by atoms with E-state index in [1.165, 1.54) is 0 Å². The second-order valence-electron chi connectivity index (χ2n) is 7.79. The molecule has 2 saturated heterocycles. The van der Waals surface area contributed by atoms with Gasteiger partial charge in [-0.1, -0.05) is 23.2 Å². The van der Waals surface area contributed by atoms with Gasteiger partial charge in [0.1, 0.15) is 11.5 Å². The van der Waals surface area contributed by atoms with Gasteiger partial charge in [0.2, 0.25) is 0 Å². The van der Waals surface area contributed by atoms with E-state index in [0.29, 0.717) is 33.2 Å². The smallest absolute Gasteiger partial charge is 0.153 e. The molecule has 156 valence electrons. The van der Waals surface area contributed by atoms with Gasteiger partial charge in [0.15, 0.2) is 11.0 Å². The number of aryl methyl sites for hydroxylation is 1. The zero-order valence-electron chi connectivity index (χ0n) is 16.6. The number of ether oxygens (including phenoxy) is 1. The molecule has 29 heavy (non-hydrogen) atoms. The molecule has 2 aliphatic rings. The van der Waals surface area contributed by atoms with Gasteiger partial charge in [-0.3, -0.25) is 0 Å². The Hall–Kier alpha value is -1.67. The molecule has 0 radical (unpaired) electrons. The zero-order chi connectivity index (χ0) is 20.6. The number of halogens is 2. The summed E-state index contributed by atoms with van der Waals surface area (Å²) in [5.41, 5.74) is 2.82. The quantitative estimate of drug-likeness (QED) is 0.705. The van der Waals surface area contributed by atoms with E-state index in [1.54, 1.807) is 13.1 Å². The first kappa shape index (κ1) is 20.6. The van der Waals surface area contributed by atoms with Crippen molar-refractivity contribution in [3.05, 3.63) is 27.6 Å². The lowest BCUT2D eigenvalue weighted by Crippen LogP contribution is -2.41. The third-order valence-electron chi connectivity index (χ3n) is 6.01. The topological polar surface area (TPSA) is 83.4 Å². The highest BCUT2D eigenvalue weighted by Gasteiger charge is 2.38. The molecule has 0 unspecified atom stereocenters. The van der Waals surface area contributed by atoms with E-state index >= 15 is 0 Å². The molecule has 0 bridgehead atoms. The Morgan fingerprint density at radius 3 is 2.59 bits per heavy atom. The molecule has 0 aliphatic carbocycles. The normalized spacial score (nSPS) is 18.4. The first-order valence-corrected chi connectivity index (χ1v) is 10.6. The third-order valence-corrected chi connectivity index (χ3v) is 6.76. The van der Waals surface area contributed by atoms with Crippen LogP contribution < -0.4 is 10.2 Å². The van der Waals surface area contributed by atoms with Crippen LogP contribution in [-0.4, -0.2) is 53.4 Å². The Bertz CT molecular complexity index is 908. The fraction of sp³-hybridized carbons (Fsp3) is 0.550. The zero-order valence-corrected chi connectivity index (χ0v) is 18.1. The molecular formula is C20H25Cl2N5O2. The van der Waals surface area contributed by atoms with Crippen LogP contribution in [0.3, 0.4) is 0 Å². The van der Waals surface area contributed by atoms with E-state index < -0.39 is 0 Å². The number of piperidine rings is 1. The number of hydrogen-bond acceptors (Lipinski definition) is 7. The third kappa shape index (κ3) is 3.89. The van der Waals surface area contributed by atoms with Gasteiger partial charge in [0, 0.05) is 32.3 Å². The molecule has 2 N–H and O–H groups in total. The van der Waals surface area contributed by atoms with Crippen molar-refractivity contribution in [3.8, 4) is 11.3 Å². The fourth-order valence-corrected chi connectivity index (χ4v) is 4.57. The van der Waals surface area contributed by atoms with Crippen molar-refractivity contribution in [1.29, 1.82) is 0 Å². The molecule has 4 rings (SSSR count). The summed E-state index contributed by atoms with van der Waals surface area (Å²) in [7, 11) is 1.76. The van der Waals surface area contributed by atoms with Crippen LogP contribution in [0, 0.1) is 12.3 Å². The second-order valence-corrected chi connectivity index (χ2v) is 8.52. The van der Waals surface area contributed by atoms with Crippen LogP contribution in [0.5, 0.6) is 0 Å². The Labute approximate surface area is 180 Å². The highest BCUT2D eigenvalue weighted by atomic mass is 35.5. The summed E-state index contributed by atoms with van der Waals surface area (Å²) < 4.78 is 5.63. The lowest BCUT2D eigenvalue weighted by atomic mass is 9.78. The predicted octanol–water partition coefficient (Wildman–Crippen LogP) is 3.69. The van der Waals surface area contributed by atoms with E-state index in [4.69, 9.17) is 37.9 Å². The first-order chi connectivity index (χ1) is 14.0. The number of aliphatic hydroxyl groups excluding tert-OH is 1. The molecule has 7 nitrogen and oxygen atoms in total. The van der Waals surface area contributed by atoms with Crippen molar-refractivity contribution < 1.29 is 9.84 Å². The molecule has 4 heterocycles. The molecule has 2 aromatic rings. The first-order valence-electron chi connectivity index (χ1n) is 9.81. The van der Waals surface area contributed by atoms with Gasteiger partial charge < -0.3 is 20.1 Å². The van der Waals surface area contributed by atoms with Gasteiger partial charge in [0.25, 0.3) is 0 Å². The molecule has 2 aliphatic heterocycles. The largest absolute Gasteiger partial charge is 0.390 e. The van der Waals surface area contributed by atoms with E-state index in [0.717, 1.165) is 57.1 Å². The summed E-state index contributed by atoms with van der Waals surface area (Å²) in [5.74, 6) is 1.33. The summed E-state index contributed by atoms with van der Waals surface area (Å²) >= 11 is 12.6. The van der Waals surface area contributed by atoms with E-state index in [1.807, 2.05) is 6.92 Å². The van der Waals surface area contributed by atoms with Gasteiger partial charge in [-0.05, 0) is 37.7 Å². The highest BCUT2D eigenvalue weighted by molar-refractivity contribution is 6.43. The van der Waals surface area contributed by atoms with Gasteiger partial charge in [-0.15, -0.1) is 0 Å². The maximum Gasteiger partial charge on any atom is 0.153 e. The summed E-state index contributed by atoms with van der Waals surface area (Å²) in [4.78, 5) is 15.9. The Balaban J connectivity index is 1.68. The number of anilines is 2. The van der Waals surface area contributed by atoms with E-state index in [9.17, 15) is 5.11 Å². The average Bonchev–Trinajstić information content (AvgIpc) is 3.18. The lowest BCUT2D eigenvalue weighted by Gasteiger charge is -2.39. The summed E-state index contributed by atoms with van der Waals surface area (Å²) in [6.45, 7) is 5.18. The van der Waals surface area contributed by atoms with Crippen molar-refractivity contribution in [3.63, 3.8) is 0 Å². The Kier molecular flexibility index (Phi) is 5.84. The molecule has 0 amide bonds. The Morgan fingerprint density at radius 1 is 1.21 bits per heavy atom. The number of hydrogen-bond donors (Lipinski definition) is 2. The molecule has 9 heteroatoms. The second kappa shape index (κ2) is 8.22. The van der Waals surface area contributed by atoms with Gasteiger partial charge in [0.05, 0.1) is 29.6 Å². The van der Waals surface area contributed by atoms with Gasteiger partial charge in [-0.2, -0.15) is 0 Å². The van der Waals surface area contributed by atoms with Crippen LogP contribution in [0.15, 0.2) is 6.07 Å². The van der Waals surface area contributed by atoms with E-state index in [2.05, 4.69) is 15.2 Å². The minimum atomic E-state index is -0.199. The maximum absolute atomic E-state index is 10.0. The molecule has 2 fully saturated rings. The number of nitrogens with zero attached hydrogens (tertiary/aromatic N) is 4. The standard InChI is InChI=1S/C20H25Cl2N5O2/c1-12-17(13-9-15(23-2)26-18(22)16(13)21)25-14(10-28)19(24-12)27-6-3-20(4-7-27)5-8-29-11-20/h9,28H,3-8,10-11H2,1-2H3,(H,23,26). The van der Waals surface area contributed by atoms with Crippen LogP contribution in [-0.2, 0) is 11.3 Å². The highest BCUT2D eigenvalue weighted by Crippen LogP contribution is 2.41. The predicted molar refractivity (Wildman–Crippen MR) is 115 cm³/mol. The minimum Gasteiger partial charge on any atom is -0.390 e. The number of nitrogens with one attached hydrogen (secondary N) is 1. The number of aromatic nitrogens is 3. The number of rotatable bonds is 4. The SMILES string of the molecule is CNc1cc(-c2nc(CO)c(N3CCC4(CCOC4)CC3)nc2C)c(Cl)c(Cl)n1. The van der Waals surface area contributed by atoms with Crippen molar-refractivity contribution in [2.24, 2.45) is 5.41 Å². The molecule has 0 aromatic carbocycles. The number of pyridine rings is 1.